The fourth-order valence-corrected chi connectivity index (χ4v) is 1.07. The van der Waals surface area contributed by atoms with Gasteiger partial charge >= 0.3 is 72.4 Å². The summed E-state index contributed by atoms with van der Waals surface area (Å²) in [7, 11) is 0. The minimum absolute atomic E-state index is 0. The molecule has 0 spiro atoms. The summed E-state index contributed by atoms with van der Waals surface area (Å²) >= 11 is 1.71. The Hall–Kier alpha value is 1.28. The molecule has 0 rings (SSSR count). The zero-order valence-corrected chi connectivity index (χ0v) is 12.0. The van der Waals surface area contributed by atoms with Crippen molar-refractivity contribution in [2.75, 3.05) is 0 Å². The number of hydrogen-bond acceptors (Lipinski definition) is 0. The maximum atomic E-state index is 2.34. The second-order valence-electron chi connectivity index (χ2n) is 3.02. The Morgan fingerprint density at radius 2 is 1.50 bits per heavy atom. The van der Waals surface area contributed by atoms with E-state index in [9.17, 15) is 0 Å². The topological polar surface area (TPSA) is 0 Å². The molecule has 0 heterocycles. The molecule has 0 saturated heterocycles. The van der Waals surface area contributed by atoms with Crippen LogP contribution >= 0.6 is 17.0 Å². The molecule has 0 aromatic rings. The Kier molecular flexibility index (Phi) is 8.12. The molecule has 0 N–H and O–H groups in total. The van der Waals surface area contributed by atoms with Gasteiger partial charge in [0.2, 0.25) is 0 Å². The van der Waals surface area contributed by atoms with Crippen molar-refractivity contribution < 1.29 is 0 Å². The van der Waals surface area contributed by atoms with Crippen molar-refractivity contribution in [3.05, 3.63) is 0 Å². The number of rotatable bonds is 3. The van der Waals surface area contributed by atoms with Gasteiger partial charge in [0.1, 0.15) is 0 Å². The second-order valence-corrected chi connectivity index (χ2v) is 5.86. The van der Waals surface area contributed by atoms with Crippen molar-refractivity contribution in [1.29, 1.82) is 0 Å². The summed E-state index contributed by atoms with van der Waals surface area (Å²) in [6.45, 7) is 9.28. The average molecular weight is 313 g/mol. The average Bonchev–Trinajstić information content (AvgIpc) is 1.86. The van der Waals surface area contributed by atoms with Gasteiger partial charge in [0, 0.05) is 0 Å². The van der Waals surface area contributed by atoms with Crippen LogP contribution in [0.3, 0.4) is 0 Å². The van der Waals surface area contributed by atoms with Crippen LogP contribution in [0.25, 0.3) is 0 Å². The quantitative estimate of drug-likeness (QED) is 0.701. The molecule has 61 valence electrons. The molecule has 2 heteroatoms. The van der Waals surface area contributed by atoms with Crippen LogP contribution in [0.5, 0.6) is 0 Å². The van der Waals surface area contributed by atoms with Crippen LogP contribution in [-0.2, 0) is 0 Å². The van der Waals surface area contributed by atoms with E-state index in [1.807, 2.05) is 0 Å². The zero-order chi connectivity index (χ0) is 7.49. The molecule has 0 unspecified atom stereocenters. The van der Waals surface area contributed by atoms with Gasteiger partial charge < -0.3 is 0 Å². The summed E-state index contributed by atoms with van der Waals surface area (Å²) < 4.78 is 0.673. The van der Waals surface area contributed by atoms with Crippen LogP contribution in [0.4, 0.5) is 0 Å². The Labute approximate surface area is 89.0 Å². The third kappa shape index (κ3) is 3.61. The summed E-state index contributed by atoms with van der Waals surface area (Å²) in [6.07, 6.45) is 2.69. The number of hydrogen-bond donors (Lipinski definition) is 0. The predicted molar refractivity (Wildman–Crippen MR) is 54.2 cm³/mol. The Bertz CT molecular complexity index is 77.3. The second kappa shape index (κ2) is 5.87. The molecule has 0 fully saturated rings. The SMILES string of the molecule is Br.CC[C]([Sn])(CC)C(C)C. The fourth-order valence-electron chi connectivity index (χ4n) is 1.07. The van der Waals surface area contributed by atoms with E-state index in [-0.39, 0.29) is 17.0 Å². The molecule has 3 radical (unpaired) electrons. The Balaban J connectivity index is 0. The molecular weight excluding hydrogens is 295 g/mol. The zero-order valence-electron chi connectivity index (χ0n) is 7.40. The van der Waals surface area contributed by atoms with E-state index in [1.165, 1.54) is 12.8 Å². The van der Waals surface area contributed by atoms with Crippen molar-refractivity contribution in [2.24, 2.45) is 5.92 Å². The molecule has 0 nitrogen and oxygen atoms in total. The standard InChI is InChI=1S/C8H17.BrH.Sn/c1-5-8(6-2)7(3)4;;/h7H,5-6H2,1-4H3;1H;. The molecular formula is C8H18BrSn. The van der Waals surface area contributed by atoms with Crippen molar-refractivity contribution >= 4 is 39.5 Å². The molecule has 0 amide bonds. The predicted octanol–water partition coefficient (Wildman–Crippen LogP) is 3.37. The summed E-state index contributed by atoms with van der Waals surface area (Å²) in [4.78, 5) is 0. The van der Waals surface area contributed by atoms with Crippen LogP contribution in [-0.4, -0.2) is 22.5 Å². The fraction of sp³-hybridized carbons (Fsp3) is 1.00. The molecule has 0 saturated carbocycles. The molecule has 0 aliphatic heterocycles. The first-order valence-corrected chi connectivity index (χ1v) is 5.24. The van der Waals surface area contributed by atoms with Crippen molar-refractivity contribution in [1.82, 2.24) is 0 Å². The van der Waals surface area contributed by atoms with E-state index in [1.54, 1.807) is 22.5 Å². The van der Waals surface area contributed by atoms with Gasteiger partial charge in [0.15, 0.2) is 0 Å². The van der Waals surface area contributed by atoms with Crippen LogP contribution in [0.2, 0.25) is 3.43 Å². The van der Waals surface area contributed by atoms with Gasteiger partial charge in [-0.3, -0.25) is 0 Å². The summed E-state index contributed by atoms with van der Waals surface area (Å²) in [5.74, 6) is 0.866. The first-order chi connectivity index (χ1) is 4.06. The van der Waals surface area contributed by atoms with E-state index in [4.69, 9.17) is 0 Å². The number of halogens is 1. The first kappa shape index (κ1) is 13.8. The minimum atomic E-state index is 0. The molecule has 0 aliphatic rings. The monoisotopic (exact) mass is 313 g/mol. The van der Waals surface area contributed by atoms with Gasteiger partial charge in [0.25, 0.3) is 0 Å². The van der Waals surface area contributed by atoms with E-state index in [2.05, 4.69) is 27.7 Å². The summed E-state index contributed by atoms with van der Waals surface area (Å²) in [5.41, 5.74) is 0. The van der Waals surface area contributed by atoms with Gasteiger partial charge in [-0.2, -0.15) is 0 Å². The van der Waals surface area contributed by atoms with E-state index < -0.39 is 0 Å². The third-order valence-electron chi connectivity index (χ3n) is 2.37. The third-order valence-corrected chi connectivity index (χ3v) is 6.03. The van der Waals surface area contributed by atoms with Crippen molar-refractivity contribution in [3.8, 4) is 0 Å². The van der Waals surface area contributed by atoms with E-state index in [0.29, 0.717) is 3.43 Å². The van der Waals surface area contributed by atoms with Gasteiger partial charge in [-0.1, -0.05) is 0 Å². The van der Waals surface area contributed by atoms with Crippen LogP contribution in [0.1, 0.15) is 40.5 Å². The molecule has 0 aromatic heterocycles. The van der Waals surface area contributed by atoms with Gasteiger partial charge in [-0.15, -0.1) is 17.0 Å². The first-order valence-electron chi connectivity index (χ1n) is 3.81. The molecule has 10 heavy (non-hydrogen) atoms. The molecule has 0 aliphatic carbocycles. The molecule has 0 aromatic carbocycles. The van der Waals surface area contributed by atoms with Gasteiger partial charge in [0.05, 0.1) is 0 Å². The van der Waals surface area contributed by atoms with E-state index >= 15 is 0 Å². The van der Waals surface area contributed by atoms with E-state index in [0.717, 1.165) is 5.92 Å². The van der Waals surface area contributed by atoms with Gasteiger partial charge in [-0.25, -0.2) is 0 Å². The van der Waals surface area contributed by atoms with Gasteiger partial charge in [-0.05, 0) is 0 Å². The molecule has 0 atom stereocenters. The normalized spacial score (nSPS) is 11.4. The summed E-state index contributed by atoms with van der Waals surface area (Å²) in [5, 5.41) is 0. The Morgan fingerprint density at radius 1 is 1.20 bits per heavy atom. The maximum absolute atomic E-state index is 2.34. The van der Waals surface area contributed by atoms with Crippen molar-refractivity contribution in [2.45, 2.75) is 44.0 Å². The van der Waals surface area contributed by atoms with Crippen LogP contribution < -0.4 is 0 Å². The van der Waals surface area contributed by atoms with Crippen LogP contribution in [0.15, 0.2) is 0 Å². The van der Waals surface area contributed by atoms with Crippen LogP contribution in [0, 0.1) is 5.92 Å². The Morgan fingerprint density at radius 3 is 1.50 bits per heavy atom. The molecule has 0 bridgehead atoms. The summed E-state index contributed by atoms with van der Waals surface area (Å²) in [6, 6.07) is 0. The van der Waals surface area contributed by atoms with Crippen molar-refractivity contribution in [3.63, 3.8) is 0 Å².